The minimum Gasteiger partial charge on any atom is -0.212 e. The van der Waals surface area contributed by atoms with Crippen LogP contribution in [0.1, 0.15) is 45.4 Å². The second-order valence-electron chi connectivity index (χ2n) is 3.81. The highest BCUT2D eigenvalue weighted by molar-refractivity contribution is 7.89. The van der Waals surface area contributed by atoms with E-state index >= 15 is 0 Å². The number of nitrogens with zero attached hydrogens (tertiary/aromatic N) is 1. The average molecular weight is 218 g/mol. The lowest BCUT2D eigenvalue weighted by molar-refractivity contribution is 0.399. The molecule has 1 fully saturated rings. The van der Waals surface area contributed by atoms with Gasteiger partial charge in [-0.3, -0.25) is 0 Å². The second-order valence-corrected chi connectivity index (χ2v) is 5.85. The molecule has 1 aliphatic rings. The molecule has 0 atom stereocenters. The second kappa shape index (κ2) is 5.71. The van der Waals surface area contributed by atoms with E-state index in [1.54, 1.807) is 4.31 Å². The zero-order valence-corrected chi connectivity index (χ0v) is 9.72. The predicted octanol–water partition coefficient (Wildman–Crippen LogP) is 2.15. The number of hydrogen-bond donors (Lipinski definition) is 0. The molecule has 0 aromatic rings. The van der Waals surface area contributed by atoms with Gasteiger partial charge in [0.15, 0.2) is 0 Å². The molecule has 0 unspecified atom stereocenters. The van der Waals surface area contributed by atoms with Crippen molar-refractivity contribution in [3.05, 3.63) is 6.54 Å². The van der Waals surface area contributed by atoms with Crippen LogP contribution in [0.3, 0.4) is 0 Å². The molecule has 0 amide bonds. The fourth-order valence-electron chi connectivity index (χ4n) is 1.64. The monoisotopic (exact) mass is 218 g/mol. The van der Waals surface area contributed by atoms with E-state index in [1.807, 2.05) is 6.54 Å². The smallest absolute Gasteiger partial charge is 0.212 e. The van der Waals surface area contributed by atoms with Crippen LogP contribution in [0.4, 0.5) is 0 Å². The average Bonchev–Trinajstić information content (AvgIpc) is 2.19. The molecule has 0 aliphatic carbocycles. The first-order chi connectivity index (χ1) is 6.67. The highest BCUT2D eigenvalue weighted by atomic mass is 32.2. The van der Waals surface area contributed by atoms with Gasteiger partial charge in [0.1, 0.15) is 0 Å². The lowest BCUT2D eigenvalue weighted by Crippen LogP contribution is -2.34. The molecule has 0 saturated carbocycles. The van der Waals surface area contributed by atoms with E-state index in [2.05, 4.69) is 6.92 Å². The van der Waals surface area contributed by atoms with Crippen molar-refractivity contribution in [2.24, 2.45) is 0 Å². The molecular weight excluding hydrogens is 198 g/mol. The molecule has 1 rings (SSSR count). The highest BCUT2D eigenvalue weighted by Gasteiger charge is 2.23. The topological polar surface area (TPSA) is 37.4 Å². The van der Waals surface area contributed by atoms with Crippen molar-refractivity contribution in [3.8, 4) is 0 Å². The van der Waals surface area contributed by atoms with Gasteiger partial charge in [0.2, 0.25) is 10.0 Å². The maximum absolute atomic E-state index is 11.8. The number of hydrogen-bond acceptors (Lipinski definition) is 2. The summed E-state index contributed by atoms with van der Waals surface area (Å²) in [6.07, 6.45) is 5.91. The molecule has 1 radical (unpaired) electrons. The Hall–Kier alpha value is -0.0900. The third-order valence-corrected chi connectivity index (χ3v) is 4.38. The van der Waals surface area contributed by atoms with Crippen molar-refractivity contribution in [2.75, 3.05) is 12.3 Å². The summed E-state index contributed by atoms with van der Waals surface area (Å²) >= 11 is 0. The van der Waals surface area contributed by atoms with Gasteiger partial charge in [0.05, 0.1) is 5.75 Å². The molecule has 0 aromatic heterocycles. The number of sulfonamides is 1. The summed E-state index contributed by atoms with van der Waals surface area (Å²) in [5.41, 5.74) is 0. The Labute approximate surface area is 87.5 Å². The van der Waals surface area contributed by atoms with E-state index in [9.17, 15) is 8.42 Å². The fraction of sp³-hybridized carbons (Fsp3) is 0.900. The molecule has 83 valence electrons. The lowest BCUT2D eigenvalue weighted by Gasteiger charge is -2.25. The van der Waals surface area contributed by atoms with E-state index in [4.69, 9.17) is 0 Å². The quantitative estimate of drug-likeness (QED) is 0.663. The summed E-state index contributed by atoms with van der Waals surface area (Å²) in [6.45, 7) is 4.61. The molecule has 1 aliphatic heterocycles. The van der Waals surface area contributed by atoms with Crippen LogP contribution < -0.4 is 0 Å². The van der Waals surface area contributed by atoms with Crippen molar-refractivity contribution in [1.29, 1.82) is 0 Å². The van der Waals surface area contributed by atoms with Crippen molar-refractivity contribution in [1.82, 2.24) is 4.31 Å². The van der Waals surface area contributed by atoms with Crippen molar-refractivity contribution in [3.63, 3.8) is 0 Å². The van der Waals surface area contributed by atoms with Crippen LogP contribution >= 0.6 is 0 Å². The Morgan fingerprint density at radius 2 is 2.07 bits per heavy atom. The SMILES string of the molecule is CCCCCS(=O)(=O)N1[CH]CCCC1. The van der Waals surface area contributed by atoms with Crippen LogP contribution in [0.2, 0.25) is 0 Å². The van der Waals surface area contributed by atoms with Crippen LogP contribution in [0.25, 0.3) is 0 Å². The number of unbranched alkanes of at least 4 members (excludes halogenated alkanes) is 2. The van der Waals surface area contributed by atoms with Crippen molar-refractivity contribution < 1.29 is 8.42 Å². The Morgan fingerprint density at radius 3 is 2.64 bits per heavy atom. The van der Waals surface area contributed by atoms with Gasteiger partial charge in [-0.05, 0) is 19.3 Å². The Balaban J connectivity index is 2.38. The van der Waals surface area contributed by atoms with Gasteiger partial charge >= 0.3 is 0 Å². The summed E-state index contributed by atoms with van der Waals surface area (Å²) in [6, 6.07) is 0. The van der Waals surface area contributed by atoms with Gasteiger partial charge in [-0.25, -0.2) is 8.42 Å². The first kappa shape index (κ1) is 12.0. The molecule has 1 saturated heterocycles. The fourth-order valence-corrected chi connectivity index (χ4v) is 3.19. The molecule has 0 spiro atoms. The summed E-state index contributed by atoms with van der Waals surface area (Å²) in [7, 11) is -2.98. The minimum atomic E-state index is -2.98. The first-order valence-electron chi connectivity index (χ1n) is 5.49. The predicted molar refractivity (Wildman–Crippen MR) is 58.2 cm³/mol. The maximum Gasteiger partial charge on any atom is 0.214 e. The van der Waals surface area contributed by atoms with Gasteiger partial charge < -0.3 is 0 Å². The maximum atomic E-state index is 11.8. The molecule has 3 nitrogen and oxygen atoms in total. The summed E-state index contributed by atoms with van der Waals surface area (Å²) in [5.74, 6) is 0.317. The van der Waals surface area contributed by atoms with Crippen LogP contribution in [0.15, 0.2) is 0 Å². The van der Waals surface area contributed by atoms with Crippen molar-refractivity contribution >= 4 is 10.0 Å². The van der Waals surface area contributed by atoms with Gasteiger partial charge in [0.25, 0.3) is 0 Å². The van der Waals surface area contributed by atoms with E-state index in [1.165, 1.54) is 0 Å². The van der Waals surface area contributed by atoms with Crippen LogP contribution in [-0.2, 0) is 10.0 Å². The Morgan fingerprint density at radius 1 is 1.29 bits per heavy atom. The third kappa shape index (κ3) is 3.58. The third-order valence-electron chi connectivity index (χ3n) is 2.53. The van der Waals surface area contributed by atoms with Crippen molar-refractivity contribution in [2.45, 2.75) is 45.4 Å². The molecule has 4 heteroatoms. The largest absolute Gasteiger partial charge is 0.214 e. The molecule has 0 N–H and O–H groups in total. The van der Waals surface area contributed by atoms with E-state index < -0.39 is 10.0 Å². The Kier molecular flexibility index (Phi) is 4.89. The van der Waals surface area contributed by atoms with Crippen LogP contribution in [0, 0.1) is 6.54 Å². The molecular formula is C10H20NO2S. The molecule has 0 bridgehead atoms. The van der Waals surface area contributed by atoms with E-state index in [0.717, 1.165) is 38.5 Å². The summed E-state index contributed by atoms with van der Waals surface area (Å²) < 4.78 is 25.1. The van der Waals surface area contributed by atoms with Gasteiger partial charge in [-0.2, -0.15) is 4.31 Å². The zero-order valence-electron chi connectivity index (χ0n) is 8.91. The highest BCUT2D eigenvalue weighted by Crippen LogP contribution is 2.17. The van der Waals surface area contributed by atoms with Crippen LogP contribution in [-0.4, -0.2) is 25.0 Å². The van der Waals surface area contributed by atoms with E-state index in [0.29, 0.717) is 12.3 Å². The van der Waals surface area contributed by atoms with E-state index in [-0.39, 0.29) is 0 Å². The lowest BCUT2D eigenvalue weighted by atomic mass is 10.2. The van der Waals surface area contributed by atoms with Gasteiger partial charge in [-0.1, -0.05) is 26.2 Å². The Bertz CT molecular complexity index is 243. The molecule has 0 aromatic carbocycles. The zero-order chi connectivity index (χ0) is 10.4. The number of piperidine rings is 1. The van der Waals surface area contributed by atoms with Crippen LogP contribution in [0.5, 0.6) is 0 Å². The minimum absolute atomic E-state index is 0.317. The molecule has 14 heavy (non-hydrogen) atoms. The number of rotatable bonds is 5. The summed E-state index contributed by atoms with van der Waals surface area (Å²) in [4.78, 5) is 0. The van der Waals surface area contributed by atoms with Gasteiger partial charge in [0, 0.05) is 13.1 Å². The first-order valence-corrected chi connectivity index (χ1v) is 7.10. The standard InChI is InChI=1S/C10H20NO2S/c1-2-3-7-10-14(12,13)11-8-5-4-6-9-11/h8H,2-7,9-10H2,1H3. The normalized spacial score (nSPS) is 19.8. The summed E-state index contributed by atoms with van der Waals surface area (Å²) in [5, 5.41) is 0. The van der Waals surface area contributed by atoms with Gasteiger partial charge in [-0.15, -0.1) is 0 Å². The molecule has 1 heterocycles.